The summed E-state index contributed by atoms with van der Waals surface area (Å²) in [7, 11) is 0. The van der Waals surface area contributed by atoms with Gasteiger partial charge < -0.3 is 4.90 Å². The molecule has 0 bridgehead atoms. The van der Waals surface area contributed by atoms with Gasteiger partial charge in [0, 0.05) is 13.1 Å². The highest BCUT2D eigenvalue weighted by Gasteiger charge is 2.23. The number of aryl methyl sites for hydroxylation is 1. The normalized spacial score (nSPS) is 12.0. The van der Waals surface area contributed by atoms with Crippen LogP contribution in [0.15, 0.2) is 54.6 Å². The van der Waals surface area contributed by atoms with E-state index >= 15 is 0 Å². The third kappa shape index (κ3) is 3.85. The Balaban J connectivity index is 2.14. The van der Waals surface area contributed by atoms with Crippen molar-refractivity contribution in [3.05, 3.63) is 71.3 Å². The van der Waals surface area contributed by atoms with Crippen LogP contribution in [0.3, 0.4) is 0 Å². The van der Waals surface area contributed by atoms with E-state index in [4.69, 9.17) is 11.6 Å². The fourth-order valence-corrected chi connectivity index (χ4v) is 2.55. The molecule has 3 heteroatoms. The summed E-state index contributed by atoms with van der Waals surface area (Å²) in [5.74, 6) is -0.0476. The number of hydrogen-bond donors (Lipinski definition) is 0. The summed E-state index contributed by atoms with van der Waals surface area (Å²) in [4.78, 5) is 14.4. The maximum absolute atomic E-state index is 12.6. The van der Waals surface area contributed by atoms with Crippen molar-refractivity contribution in [2.24, 2.45) is 0 Å². The van der Waals surface area contributed by atoms with E-state index < -0.39 is 5.38 Å². The van der Waals surface area contributed by atoms with E-state index in [0.29, 0.717) is 13.1 Å². The standard InChI is InChI=1S/C18H20ClNO/c1-3-20(13-16-12-8-7-9-14(16)2)18(21)17(19)15-10-5-4-6-11-15/h4-12,17H,3,13H2,1-2H3. The average Bonchev–Trinajstić information content (AvgIpc) is 2.53. The Hall–Kier alpha value is -1.80. The van der Waals surface area contributed by atoms with Crippen molar-refractivity contribution in [2.75, 3.05) is 6.54 Å². The van der Waals surface area contributed by atoms with E-state index in [2.05, 4.69) is 19.1 Å². The molecule has 0 aromatic heterocycles. The second kappa shape index (κ2) is 7.28. The number of carbonyl (C=O) groups is 1. The lowest BCUT2D eigenvalue weighted by atomic mass is 10.1. The van der Waals surface area contributed by atoms with Crippen LogP contribution in [-0.4, -0.2) is 17.4 Å². The molecule has 1 atom stereocenters. The molecular formula is C18H20ClNO. The lowest BCUT2D eigenvalue weighted by Gasteiger charge is -2.24. The molecule has 0 spiro atoms. The zero-order chi connectivity index (χ0) is 15.2. The largest absolute Gasteiger partial charge is 0.337 e. The second-order valence-electron chi connectivity index (χ2n) is 5.05. The van der Waals surface area contributed by atoms with Crippen molar-refractivity contribution in [2.45, 2.75) is 25.8 Å². The molecular weight excluding hydrogens is 282 g/mol. The summed E-state index contributed by atoms with van der Waals surface area (Å²) in [6.45, 7) is 5.27. The minimum Gasteiger partial charge on any atom is -0.337 e. The highest BCUT2D eigenvalue weighted by Crippen LogP contribution is 2.24. The van der Waals surface area contributed by atoms with Crippen molar-refractivity contribution in [1.82, 2.24) is 4.90 Å². The lowest BCUT2D eigenvalue weighted by molar-refractivity contribution is -0.131. The molecule has 0 saturated carbocycles. The SMILES string of the molecule is CCN(Cc1ccccc1C)C(=O)C(Cl)c1ccccc1. The second-order valence-corrected chi connectivity index (χ2v) is 5.49. The van der Waals surface area contributed by atoms with Gasteiger partial charge in [-0.1, -0.05) is 54.6 Å². The summed E-state index contributed by atoms with van der Waals surface area (Å²) in [5.41, 5.74) is 3.19. The lowest BCUT2D eigenvalue weighted by Crippen LogP contribution is -2.33. The fourth-order valence-electron chi connectivity index (χ4n) is 2.26. The number of halogens is 1. The van der Waals surface area contributed by atoms with Crippen LogP contribution in [0.5, 0.6) is 0 Å². The van der Waals surface area contributed by atoms with Gasteiger partial charge in [0.15, 0.2) is 0 Å². The molecule has 0 aliphatic heterocycles. The van der Waals surface area contributed by atoms with Crippen LogP contribution in [0.4, 0.5) is 0 Å². The van der Waals surface area contributed by atoms with Gasteiger partial charge in [0.05, 0.1) is 0 Å². The van der Waals surface area contributed by atoms with Gasteiger partial charge in [-0.25, -0.2) is 0 Å². The molecule has 0 radical (unpaired) electrons. The quantitative estimate of drug-likeness (QED) is 0.753. The first-order valence-corrected chi connectivity index (χ1v) is 7.59. The number of hydrogen-bond acceptors (Lipinski definition) is 1. The minimum absolute atomic E-state index is 0.0476. The number of benzene rings is 2. The summed E-state index contributed by atoms with van der Waals surface area (Å²) < 4.78 is 0. The Kier molecular flexibility index (Phi) is 5.40. The fraction of sp³-hybridized carbons (Fsp3) is 0.278. The molecule has 2 nitrogen and oxygen atoms in total. The molecule has 21 heavy (non-hydrogen) atoms. The molecule has 2 aromatic rings. The van der Waals surface area contributed by atoms with Crippen LogP contribution < -0.4 is 0 Å². The number of likely N-dealkylation sites (N-methyl/N-ethyl adjacent to an activating group) is 1. The van der Waals surface area contributed by atoms with E-state index in [1.807, 2.05) is 49.4 Å². The van der Waals surface area contributed by atoms with Crippen molar-refractivity contribution < 1.29 is 4.79 Å². The van der Waals surface area contributed by atoms with E-state index in [-0.39, 0.29) is 5.91 Å². The number of carbonyl (C=O) groups excluding carboxylic acids is 1. The number of alkyl halides is 1. The average molecular weight is 302 g/mol. The Morgan fingerprint density at radius 1 is 1.10 bits per heavy atom. The van der Waals surface area contributed by atoms with Crippen LogP contribution in [0, 0.1) is 6.92 Å². The topological polar surface area (TPSA) is 20.3 Å². The molecule has 0 fully saturated rings. The molecule has 1 unspecified atom stereocenters. The maximum atomic E-state index is 12.6. The van der Waals surface area contributed by atoms with Crippen LogP contribution >= 0.6 is 11.6 Å². The summed E-state index contributed by atoms with van der Waals surface area (Å²) in [6.07, 6.45) is 0. The third-order valence-corrected chi connectivity index (χ3v) is 4.06. The van der Waals surface area contributed by atoms with Crippen LogP contribution in [-0.2, 0) is 11.3 Å². The van der Waals surface area contributed by atoms with Crippen LogP contribution in [0.2, 0.25) is 0 Å². The minimum atomic E-state index is -0.629. The van der Waals surface area contributed by atoms with E-state index in [9.17, 15) is 4.79 Å². The highest BCUT2D eigenvalue weighted by molar-refractivity contribution is 6.30. The Labute approximate surface area is 131 Å². The van der Waals surface area contributed by atoms with E-state index in [1.54, 1.807) is 4.90 Å². The maximum Gasteiger partial charge on any atom is 0.245 e. The van der Waals surface area contributed by atoms with Gasteiger partial charge in [-0.3, -0.25) is 4.79 Å². The van der Waals surface area contributed by atoms with Crippen molar-refractivity contribution in [1.29, 1.82) is 0 Å². The van der Waals surface area contributed by atoms with Gasteiger partial charge in [0.25, 0.3) is 0 Å². The molecule has 0 N–H and O–H groups in total. The number of rotatable bonds is 5. The first-order chi connectivity index (χ1) is 10.1. The first kappa shape index (κ1) is 15.6. The third-order valence-electron chi connectivity index (χ3n) is 3.62. The Morgan fingerprint density at radius 2 is 1.71 bits per heavy atom. The highest BCUT2D eigenvalue weighted by atomic mass is 35.5. The van der Waals surface area contributed by atoms with Gasteiger partial charge >= 0.3 is 0 Å². The van der Waals surface area contributed by atoms with Gasteiger partial charge in [-0.15, -0.1) is 11.6 Å². The summed E-state index contributed by atoms with van der Waals surface area (Å²) >= 11 is 6.34. The molecule has 2 aromatic carbocycles. The van der Waals surface area contributed by atoms with E-state index in [1.165, 1.54) is 5.56 Å². The molecule has 2 rings (SSSR count). The summed E-state index contributed by atoms with van der Waals surface area (Å²) in [5, 5.41) is -0.629. The van der Waals surface area contributed by atoms with Crippen molar-refractivity contribution in [3.8, 4) is 0 Å². The molecule has 0 heterocycles. The van der Waals surface area contributed by atoms with Gasteiger partial charge in [-0.05, 0) is 30.5 Å². The smallest absolute Gasteiger partial charge is 0.245 e. The van der Waals surface area contributed by atoms with Crippen LogP contribution in [0.25, 0.3) is 0 Å². The molecule has 110 valence electrons. The predicted molar refractivity (Wildman–Crippen MR) is 87.3 cm³/mol. The molecule has 0 aliphatic rings. The number of nitrogens with zero attached hydrogens (tertiary/aromatic N) is 1. The zero-order valence-corrected chi connectivity index (χ0v) is 13.2. The monoisotopic (exact) mass is 301 g/mol. The van der Waals surface area contributed by atoms with Crippen molar-refractivity contribution in [3.63, 3.8) is 0 Å². The van der Waals surface area contributed by atoms with Gasteiger partial charge in [0.2, 0.25) is 5.91 Å². The van der Waals surface area contributed by atoms with E-state index in [0.717, 1.165) is 11.1 Å². The Bertz CT molecular complexity index is 597. The van der Waals surface area contributed by atoms with Crippen LogP contribution in [0.1, 0.15) is 29.0 Å². The van der Waals surface area contributed by atoms with Gasteiger partial charge in [-0.2, -0.15) is 0 Å². The zero-order valence-electron chi connectivity index (χ0n) is 12.4. The molecule has 0 aliphatic carbocycles. The summed E-state index contributed by atoms with van der Waals surface area (Å²) in [6, 6.07) is 17.6. The van der Waals surface area contributed by atoms with Gasteiger partial charge in [0.1, 0.15) is 5.38 Å². The Morgan fingerprint density at radius 3 is 2.33 bits per heavy atom. The first-order valence-electron chi connectivity index (χ1n) is 7.15. The molecule has 0 saturated heterocycles. The molecule has 1 amide bonds. The van der Waals surface area contributed by atoms with Crippen molar-refractivity contribution >= 4 is 17.5 Å². The predicted octanol–water partition coefficient (Wildman–Crippen LogP) is 4.32. The number of amides is 1.